The molecule has 0 radical (unpaired) electrons. The van der Waals surface area contributed by atoms with Crippen molar-refractivity contribution in [3.05, 3.63) is 23.5 Å². The summed E-state index contributed by atoms with van der Waals surface area (Å²) in [6, 6.07) is 4.31. The molecule has 0 atom stereocenters. The number of hydrogen-bond acceptors (Lipinski definition) is 3. The molecule has 1 aromatic rings. The Balaban J connectivity index is 2.00. The maximum Gasteiger partial charge on any atom is 0.0388 e. The monoisotopic (exact) mass is 208 g/mol. The van der Waals surface area contributed by atoms with Crippen molar-refractivity contribution < 1.29 is 0 Å². The summed E-state index contributed by atoms with van der Waals surface area (Å²) >= 11 is 0. The van der Waals surface area contributed by atoms with Crippen molar-refractivity contribution in [3.63, 3.8) is 0 Å². The lowest BCUT2D eigenvalue weighted by Crippen LogP contribution is -2.43. The highest BCUT2D eigenvalue weighted by Crippen LogP contribution is 2.09. The molecule has 1 aliphatic heterocycles. The van der Waals surface area contributed by atoms with Crippen LogP contribution >= 0.6 is 0 Å². The number of nitrogens with two attached hydrogens (primary N) is 1. The van der Waals surface area contributed by atoms with Gasteiger partial charge in [0.15, 0.2) is 0 Å². The lowest BCUT2D eigenvalue weighted by Gasteiger charge is -2.27. The van der Waals surface area contributed by atoms with Gasteiger partial charge in [0.05, 0.1) is 0 Å². The zero-order chi connectivity index (χ0) is 10.7. The van der Waals surface area contributed by atoms with Gasteiger partial charge in [0.25, 0.3) is 0 Å². The van der Waals surface area contributed by atoms with Crippen LogP contribution in [0.25, 0.3) is 0 Å². The Kier molecular flexibility index (Phi) is 3.41. The molecule has 0 aromatic carbocycles. The second-order valence-electron chi connectivity index (χ2n) is 4.11. The third kappa shape index (κ3) is 2.40. The van der Waals surface area contributed by atoms with Gasteiger partial charge in [-0.2, -0.15) is 0 Å². The maximum absolute atomic E-state index is 5.65. The third-order valence-corrected chi connectivity index (χ3v) is 3.13. The predicted molar refractivity (Wildman–Crippen MR) is 61.5 cm³/mol. The molecule has 2 heterocycles. The topological polar surface area (TPSA) is 46.2 Å². The summed E-state index contributed by atoms with van der Waals surface area (Å²) in [5.41, 5.74) is 8.22. The van der Waals surface area contributed by atoms with Crippen molar-refractivity contribution >= 4 is 0 Å². The van der Waals surface area contributed by atoms with E-state index in [4.69, 9.17) is 5.73 Å². The van der Waals surface area contributed by atoms with Crippen molar-refractivity contribution in [3.8, 4) is 0 Å². The highest BCUT2D eigenvalue weighted by Gasteiger charge is 2.12. The largest absolute Gasteiger partial charge is 0.349 e. The van der Waals surface area contributed by atoms with Gasteiger partial charge >= 0.3 is 0 Å². The van der Waals surface area contributed by atoms with E-state index in [0.29, 0.717) is 6.54 Å². The number of nitrogens with zero attached hydrogens (tertiary/aromatic N) is 2. The van der Waals surface area contributed by atoms with Crippen LogP contribution in [0.15, 0.2) is 12.1 Å². The number of nitrogens with one attached hydrogen (secondary N) is 1. The van der Waals surface area contributed by atoms with Gasteiger partial charge in [0, 0.05) is 57.7 Å². The summed E-state index contributed by atoms with van der Waals surface area (Å²) in [6.07, 6.45) is 0. The number of aromatic nitrogens is 1. The fraction of sp³-hybridized carbons (Fsp3) is 0.636. The standard InChI is InChI=1S/C11H20N4/c1-14-10(8-12)2-3-11(14)9-15-6-4-13-5-7-15/h2-3,13H,4-9,12H2,1H3. The molecule has 15 heavy (non-hydrogen) atoms. The van der Waals surface area contributed by atoms with Crippen LogP contribution in [0.4, 0.5) is 0 Å². The summed E-state index contributed by atoms with van der Waals surface area (Å²) in [6.45, 7) is 6.16. The maximum atomic E-state index is 5.65. The quantitative estimate of drug-likeness (QED) is 0.728. The first kappa shape index (κ1) is 10.7. The zero-order valence-electron chi connectivity index (χ0n) is 9.37. The van der Waals surface area contributed by atoms with E-state index in [-0.39, 0.29) is 0 Å². The number of hydrogen-bond donors (Lipinski definition) is 2. The van der Waals surface area contributed by atoms with Gasteiger partial charge in [0.2, 0.25) is 0 Å². The summed E-state index contributed by atoms with van der Waals surface area (Å²) in [5, 5.41) is 3.36. The Bertz CT molecular complexity index is 312. The average molecular weight is 208 g/mol. The van der Waals surface area contributed by atoms with E-state index in [1.807, 2.05) is 0 Å². The minimum Gasteiger partial charge on any atom is -0.349 e. The zero-order valence-corrected chi connectivity index (χ0v) is 9.37. The molecule has 1 saturated heterocycles. The normalized spacial score (nSPS) is 18.3. The summed E-state index contributed by atoms with van der Waals surface area (Å²) in [5.74, 6) is 0. The molecular formula is C11H20N4. The van der Waals surface area contributed by atoms with E-state index in [0.717, 1.165) is 32.7 Å². The van der Waals surface area contributed by atoms with Gasteiger partial charge in [-0.1, -0.05) is 0 Å². The number of piperazine rings is 1. The van der Waals surface area contributed by atoms with E-state index in [1.54, 1.807) is 0 Å². The molecule has 0 aliphatic carbocycles. The molecule has 3 N–H and O–H groups in total. The van der Waals surface area contributed by atoms with Crippen LogP contribution in [0.3, 0.4) is 0 Å². The summed E-state index contributed by atoms with van der Waals surface area (Å²) in [4.78, 5) is 2.48. The molecule has 2 rings (SSSR count). The summed E-state index contributed by atoms with van der Waals surface area (Å²) < 4.78 is 2.21. The van der Waals surface area contributed by atoms with Crippen molar-refractivity contribution in [2.45, 2.75) is 13.1 Å². The minimum atomic E-state index is 0.623. The smallest absolute Gasteiger partial charge is 0.0388 e. The Morgan fingerprint density at radius 1 is 1.27 bits per heavy atom. The molecule has 1 fully saturated rings. The lowest BCUT2D eigenvalue weighted by molar-refractivity contribution is 0.228. The first-order chi connectivity index (χ1) is 7.31. The molecule has 4 nitrogen and oxygen atoms in total. The van der Waals surface area contributed by atoms with E-state index in [9.17, 15) is 0 Å². The van der Waals surface area contributed by atoms with Gasteiger partial charge in [0.1, 0.15) is 0 Å². The number of rotatable bonds is 3. The highest BCUT2D eigenvalue weighted by molar-refractivity contribution is 5.15. The fourth-order valence-electron chi connectivity index (χ4n) is 2.06. The van der Waals surface area contributed by atoms with E-state index in [2.05, 4.69) is 34.0 Å². The Hall–Kier alpha value is -0.840. The SMILES string of the molecule is Cn1c(CN)ccc1CN1CCNCC1. The lowest BCUT2D eigenvalue weighted by atomic mass is 10.3. The van der Waals surface area contributed by atoms with Gasteiger partial charge in [-0.05, 0) is 12.1 Å². The first-order valence-electron chi connectivity index (χ1n) is 5.58. The van der Waals surface area contributed by atoms with E-state index >= 15 is 0 Å². The molecule has 0 spiro atoms. The van der Waals surface area contributed by atoms with E-state index < -0.39 is 0 Å². The molecule has 0 saturated carbocycles. The van der Waals surface area contributed by atoms with E-state index in [1.165, 1.54) is 11.4 Å². The molecule has 0 amide bonds. The van der Waals surface area contributed by atoms with Gasteiger partial charge in [-0.25, -0.2) is 0 Å². The van der Waals surface area contributed by atoms with Crippen LogP contribution in [0.2, 0.25) is 0 Å². The van der Waals surface area contributed by atoms with Crippen molar-refractivity contribution in [1.82, 2.24) is 14.8 Å². The van der Waals surface area contributed by atoms with Crippen molar-refractivity contribution in [2.24, 2.45) is 12.8 Å². The summed E-state index contributed by atoms with van der Waals surface area (Å²) in [7, 11) is 2.10. The average Bonchev–Trinajstić information content (AvgIpc) is 2.62. The van der Waals surface area contributed by atoms with Gasteiger partial charge in [-0.15, -0.1) is 0 Å². The fourth-order valence-corrected chi connectivity index (χ4v) is 2.06. The van der Waals surface area contributed by atoms with Crippen molar-refractivity contribution in [1.29, 1.82) is 0 Å². The molecule has 1 aromatic heterocycles. The Morgan fingerprint density at radius 2 is 1.93 bits per heavy atom. The predicted octanol–water partition coefficient (Wildman–Crippen LogP) is -0.111. The molecule has 0 unspecified atom stereocenters. The third-order valence-electron chi connectivity index (χ3n) is 3.13. The van der Waals surface area contributed by atoms with Crippen LogP contribution < -0.4 is 11.1 Å². The Labute approximate surface area is 91.0 Å². The minimum absolute atomic E-state index is 0.623. The first-order valence-corrected chi connectivity index (χ1v) is 5.58. The van der Waals surface area contributed by atoms with Gasteiger partial charge in [-0.3, -0.25) is 4.90 Å². The van der Waals surface area contributed by atoms with Crippen LogP contribution in [-0.4, -0.2) is 35.6 Å². The second-order valence-corrected chi connectivity index (χ2v) is 4.11. The molecule has 4 heteroatoms. The Morgan fingerprint density at radius 3 is 2.53 bits per heavy atom. The van der Waals surface area contributed by atoms with Gasteiger partial charge < -0.3 is 15.6 Å². The van der Waals surface area contributed by atoms with Crippen LogP contribution in [0, 0.1) is 0 Å². The van der Waals surface area contributed by atoms with Crippen LogP contribution in [0.5, 0.6) is 0 Å². The van der Waals surface area contributed by atoms with Crippen molar-refractivity contribution in [2.75, 3.05) is 26.2 Å². The second kappa shape index (κ2) is 4.79. The highest BCUT2D eigenvalue weighted by atomic mass is 15.2. The molecule has 0 bridgehead atoms. The van der Waals surface area contributed by atoms with Crippen LogP contribution in [0.1, 0.15) is 11.4 Å². The molecule has 1 aliphatic rings. The molecular weight excluding hydrogens is 188 g/mol. The molecule has 84 valence electrons. The van der Waals surface area contributed by atoms with Crippen LogP contribution in [-0.2, 0) is 20.1 Å².